The van der Waals surface area contributed by atoms with E-state index in [0.717, 1.165) is 29.8 Å². The minimum absolute atomic E-state index is 0.0158. The van der Waals surface area contributed by atoms with Crippen LogP contribution in [0, 0.1) is 5.41 Å². The molecule has 156 valence electrons. The van der Waals surface area contributed by atoms with Crippen molar-refractivity contribution < 1.29 is 14.3 Å². The minimum atomic E-state index is -0.477. The Balaban J connectivity index is 1.32. The van der Waals surface area contributed by atoms with Gasteiger partial charge in [-0.3, -0.25) is 9.59 Å². The number of carbonyl (C=O) groups is 2. The molecule has 2 amide bonds. The first kappa shape index (κ1) is 19.3. The number of hydrogen-bond acceptors (Lipinski definition) is 3. The van der Waals surface area contributed by atoms with Crippen molar-refractivity contribution in [3.05, 3.63) is 59.7 Å². The Hall–Kier alpha value is -2.66. The molecule has 2 N–H and O–H groups in total. The summed E-state index contributed by atoms with van der Waals surface area (Å²) >= 11 is 0. The summed E-state index contributed by atoms with van der Waals surface area (Å²) in [6.45, 7) is 3.48. The van der Waals surface area contributed by atoms with Crippen molar-refractivity contribution in [1.29, 1.82) is 0 Å². The van der Waals surface area contributed by atoms with Gasteiger partial charge < -0.3 is 15.4 Å². The van der Waals surface area contributed by atoms with Crippen LogP contribution in [0.3, 0.4) is 0 Å². The maximum absolute atomic E-state index is 12.9. The summed E-state index contributed by atoms with van der Waals surface area (Å²) in [7, 11) is 0. The van der Waals surface area contributed by atoms with Crippen LogP contribution < -0.4 is 10.6 Å². The summed E-state index contributed by atoms with van der Waals surface area (Å²) in [5.74, 6) is 0.287. The van der Waals surface area contributed by atoms with Crippen molar-refractivity contribution >= 4 is 23.2 Å². The van der Waals surface area contributed by atoms with E-state index in [1.54, 1.807) is 0 Å². The van der Waals surface area contributed by atoms with E-state index in [1.807, 2.05) is 36.4 Å². The number of rotatable bonds is 5. The molecule has 2 fully saturated rings. The standard InChI is InChI=1S/C25H28N2O3/c1-24(9-10-24)20(17-5-3-2-4-6-17)16-22(28)26-18-7-8-19-21(15-18)27-23(29)25(19)11-13-30-14-12-25/h2-8,15,20H,9-14,16H2,1H3,(H,26,28)(H,27,29). The van der Waals surface area contributed by atoms with E-state index in [-0.39, 0.29) is 23.1 Å². The fourth-order valence-corrected chi connectivity index (χ4v) is 5.12. The van der Waals surface area contributed by atoms with Gasteiger partial charge in [0, 0.05) is 31.0 Å². The molecule has 1 atom stereocenters. The second kappa shape index (κ2) is 7.24. The van der Waals surface area contributed by atoms with Gasteiger partial charge >= 0.3 is 0 Å². The molecule has 2 aliphatic heterocycles. The molecule has 30 heavy (non-hydrogen) atoms. The van der Waals surface area contributed by atoms with E-state index in [2.05, 4.69) is 29.7 Å². The highest BCUT2D eigenvalue weighted by molar-refractivity contribution is 6.07. The van der Waals surface area contributed by atoms with E-state index in [1.165, 1.54) is 5.56 Å². The third-order valence-corrected chi connectivity index (χ3v) is 7.32. The number of amides is 2. The van der Waals surface area contributed by atoms with Gasteiger partial charge in [-0.1, -0.05) is 43.3 Å². The highest BCUT2D eigenvalue weighted by atomic mass is 16.5. The van der Waals surface area contributed by atoms with Crippen molar-refractivity contribution in [2.24, 2.45) is 5.41 Å². The molecule has 0 radical (unpaired) electrons. The summed E-state index contributed by atoms with van der Waals surface area (Å²) in [6.07, 6.45) is 4.20. The van der Waals surface area contributed by atoms with Crippen molar-refractivity contribution in [3.63, 3.8) is 0 Å². The van der Waals surface area contributed by atoms with Crippen LogP contribution in [0.2, 0.25) is 0 Å². The van der Waals surface area contributed by atoms with Gasteiger partial charge in [-0.15, -0.1) is 0 Å². The highest BCUT2D eigenvalue weighted by Crippen LogP contribution is 2.57. The van der Waals surface area contributed by atoms with Crippen LogP contribution in [-0.2, 0) is 19.7 Å². The first-order valence-electron chi connectivity index (χ1n) is 10.9. The lowest BCUT2D eigenvalue weighted by Crippen LogP contribution is -2.39. The Morgan fingerprint density at radius 3 is 2.53 bits per heavy atom. The summed E-state index contributed by atoms with van der Waals surface area (Å²) in [4.78, 5) is 25.6. The molecule has 1 spiro atoms. The lowest BCUT2D eigenvalue weighted by atomic mass is 9.75. The smallest absolute Gasteiger partial charge is 0.235 e. The Labute approximate surface area is 177 Å². The maximum Gasteiger partial charge on any atom is 0.235 e. The Bertz CT molecular complexity index is 975. The van der Waals surface area contributed by atoms with Crippen molar-refractivity contribution in [3.8, 4) is 0 Å². The third-order valence-electron chi connectivity index (χ3n) is 7.32. The predicted octanol–water partition coefficient (Wildman–Crippen LogP) is 4.60. The molecular weight excluding hydrogens is 376 g/mol. The predicted molar refractivity (Wildman–Crippen MR) is 117 cm³/mol. The Kier molecular flexibility index (Phi) is 4.66. The molecule has 3 aliphatic rings. The van der Waals surface area contributed by atoms with Gasteiger partial charge in [-0.2, -0.15) is 0 Å². The monoisotopic (exact) mass is 404 g/mol. The number of benzene rings is 2. The molecule has 5 nitrogen and oxygen atoms in total. The SMILES string of the molecule is CC1(C(CC(=O)Nc2ccc3c(c2)NC(=O)C32CCOCC2)c2ccccc2)CC1. The molecule has 2 aromatic carbocycles. The number of hydrogen-bond donors (Lipinski definition) is 2. The van der Waals surface area contributed by atoms with Gasteiger partial charge in [0.05, 0.1) is 5.41 Å². The first-order chi connectivity index (χ1) is 14.5. The number of nitrogens with one attached hydrogen (secondary N) is 2. The molecule has 5 rings (SSSR count). The number of fused-ring (bicyclic) bond motifs is 2. The van der Waals surface area contributed by atoms with E-state index in [9.17, 15) is 9.59 Å². The summed E-state index contributed by atoms with van der Waals surface area (Å²) < 4.78 is 5.46. The average molecular weight is 405 g/mol. The van der Waals surface area contributed by atoms with Crippen LogP contribution in [0.25, 0.3) is 0 Å². The van der Waals surface area contributed by atoms with Gasteiger partial charge in [0.15, 0.2) is 0 Å². The number of ether oxygens (including phenoxy) is 1. The van der Waals surface area contributed by atoms with E-state index in [0.29, 0.717) is 32.5 Å². The van der Waals surface area contributed by atoms with Crippen LogP contribution in [-0.4, -0.2) is 25.0 Å². The van der Waals surface area contributed by atoms with Crippen molar-refractivity contribution in [1.82, 2.24) is 0 Å². The van der Waals surface area contributed by atoms with Crippen LogP contribution in [0.4, 0.5) is 11.4 Å². The van der Waals surface area contributed by atoms with Gasteiger partial charge in [-0.25, -0.2) is 0 Å². The third kappa shape index (κ3) is 3.31. The van der Waals surface area contributed by atoms with Crippen LogP contribution in [0.1, 0.15) is 56.1 Å². The molecule has 1 saturated carbocycles. The van der Waals surface area contributed by atoms with E-state index < -0.39 is 5.41 Å². The van der Waals surface area contributed by atoms with E-state index in [4.69, 9.17) is 4.74 Å². The molecule has 1 aliphatic carbocycles. The zero-order chi connectivity index (χ0) is 20.8. The van der Waals surface area contributed by atoms with Crippen LogP contribution in [0.5, 0.6) is 0 Å². The Morgan fingerprint density at radius 2 is 1.83 bits per heavy atom. The number of anilines is 2. The summed E-state index contributed by atoms with van der Waals surface area (Å²) in [5.41, 5.74) is 3.54. The minimum Gasteiger partial charge on any atom is -0.381 e. The second-order valence-corrected chi connectivity index (χ2v) is 9.28. The molecule has 2 heterocycles. The molecular formula is C25H28N2O3. The molecule has 0 aromatic heterocycles. The molecule has 1 saturated heterocycles. The quantitative estimate of drug-likeness (QED) is 0.765. The lowest BCUT2D eigenvalue weighted by Gasteiger charge is -2.31. The van der Waals surface area contributed by atoms with Gasteiger partial charge in [0.1, 0.15) is 0 Å². The van der Waals surface area contributed by atoms with Gasteiger partial charge in [0.2, 0.25) is 11.8 Å². The lowest BCUT2D eigenvalue weighted by molar-refractivity contribution is -0.124. The highest BCUT2D eigenvalue weighted by Gasteiger charge is 2.48. The van der Waals surface area contributed by atoms with Gasteiger partial charge in [-0.05, 0) is 60.3 Å². The zero-order valence-electron chi connectivity index (χ0n) is 17.4. The van der Waals surface area contributed by atoms with Crippen molar-refractivity contribution in [2.45, 2.75) is 50.4 Å². The van der Waals surface area contributed by atoms with Crippen molar-refractivity contribution in [2.75, 3.05) is 23.8 Å². The largest absolute Gasteiger partial charge is 0.381 e. The fourth-order valence-electron chi connectivity index (χ4n) is 5.12. The maximum atomic E-state index is 12.9. The number of carbonyl (C=O) groups excluding carboxylic acids is 2. The second-order valence-electron chi connectivity index (χ2n) is 9.28. The molecule has 1 unspecified atom stereocenters. The zero-order valence-corrected chi connectivity index (χ0v) is 17.4. The van der Waals surface area contributed by atoms with Gasteiger partial charge in [0.25, 0.3) is 0 Å². The fraction of sp³-hybridized carbons (Fsp3) is 0.440. The summed E-state index contributed by atoms with van der Waals surface area (Å²) in [5, 5.41) is 6.09. The van der Waals surface area contributed by atoms with Crippen LogP contribution >= 0.6 is 0 Å². The molecule has 0 bridgehead atoms. The topological polar surface area (TPSA) is 67.4 Å². The summed E-state index contributed by atoms with van der Waals surface area (Å²) in [6, 6.07) is 16.2. The average Bonchev–Trinajstić information content (AvgIpc) is 3.45. The molecule has 2 aromatic rings. The molecule has 5 heteroatoms. The van der Waals surface area contributed by atoms with Crippen LogP contribution in [0.15, 0.2) is 48.5 Å². The Morgan fingerprint density at radius 1 is 1.10 bits per heavy atom. The van der Waals surface area contributed by atoms with E-state index >= 15 is 0 Å². The normalized spacial score (nSPS) is 21.6. The first-order valence-corrected chi connectivity index (χ1v) is 10.9.